The number of thiophene rings is 1. The summed E-state index contributed by atoms with van der Waals surface area (Å²) in [4.78, 5) is 0. The first kappa shape index (κ1) is 16.5. The van der Waals surface area contributed by atoms with Crippen LogP contribution in [0.15, 0.2) is 6.07 Å². The molecule has 0 aliphatic heterocycles. The molecule has 0 bridgehead atoms. The van der Waals surface area contributed by atoms with E-state index in [2.05, 4.69) is 61.5 Å². The summed E-state index contributed by atoms with van der Waals surface area (Å²) in [5.41, 5.74) is 10.4. The van der Waals surface area contributed by atoms with Gasteiger partial charge in [0.2, 0.25) is 0 Å². The average molecular weight is 325 g/mol. The molecule has 0 atom stereocenters. The Balaban J connectivity index is 2.56. The van der Waals surface area contributed by atoms with Crippen LogP contribution in [0.25, 0.3) is 20.2 Å². The van der Waals surface area contributed by atoms with E-state index in [-0.39, 0.29) is 0 Å². The summed E-state index contributed by atoms with van der Waals surface area (Å²) in [6.07, 6.45) is 1.18. The lowest BCUT2D eigenvalue weighted by Gasteiger charge is -2.17. The van der Waals surface area contributed by atoms with E-state index < -0.39 is 0 Å². The van der Waals surface area contributed by atoms with Crippen molar-refractivity contribution < 1.29 is 0 Å². The Labute approximate surface area is 144 Å². The van der Waals surface area contributed by atoms with Crippen LogP contribution in [-0.4, -0.2) is 0 Å². The SMILES string of the molecule is Cc1cc(C)c2sc3c(C)c(C)c(CC(C)C)c(C)c3c2c1C. The van der Waals surface area contributed by atoms with Gasteiger partial charge in [-0.2, -0.15) is 0 Å². The van der Waals surface area contributed by atoms with Gasteiger partial charge in [0.15, 0.2) is 0 Å². The third-order valence-corrected chi connectivity index (χ3v) is 6.91. The molecule has 0 radical (unpaired) electrons. The van der Waals surface area contributed by atoms with Crippen LogP contribution in [0.5, 0.6) is 0 Å². The number of rotatable bonds is 2. The minimum absolute atomic E-state index is 0.693. The predicted octanol–water partition coefficient (Wildman–Crippen LogP) is 7.10. The van der Waals surface area contributed by atoms with E-state index >= 15 is 0 Å². The molecule has 3 rings (SSSR count). The number of aryl methyl sites for hydroxylation is 5. The van der Waals surface area contributed by atoms with E-state index in [4.69, 9.17) is 0 Å². The molecule has 122 valence electrons. The zero-order valence-corrected chi connectivity index (χ0v) is 16.6. The molecule has 0 nitrogen and oxygen atoms in total. The van der Waals surface area contributed by atoms with Gasteiger partial charge in [0.25, 0.3) is 0 Å². The molecule has 2 aromatic carbocycles. The third-order valence-electron chi connectivity index (χ3n) is 5.46. The van der Waals surface area contributed by atoms with E-state index in [1.807, 2.05) is 11.3 Å². The van der Waals surface area contributed by atoms with Gasteiger partial charge in [-0.05, 0) is 92.8 Å². The summed E-state index contributed by atoms with van der Waals surface area (Å²) in [5.74, 6) is 0.693. The first-order valence-corrected chi connectivity index (χ1v) is 9.47. The molecule has 0 saturated carbocycles. The van der Waals surface area contributed by atoms with Crippen molar-refractivity contribution in [3.8, 4) is 0 Å². The van der Waals surface area contributed by atoms with Crippen molar-refractivity contribution in [2.45, 2.75) is 61.8 Å². The molecular weight excluding hydrogens is 296 g/mol. The number of fused-ring (bicyclic) bond motifs is 3. The third kappa shape index (κ3) is 2.41. The summed E-state index contributed by atoms with van der Waals surface area (Å²) in [6.45, 7) is 18.4. The van der Waals surface area contributed by atoms with E-state index in [0.29, 0.717) is 5.92 Å². The van der Waals surface area contributed by atoms with Crippen LogP contribution >= 0.6 is 11.3 Å². The van der Waals surface area contributed by atoms with Crippen LogP contribution < -0.4 is 0 Å². The topological polar surface area (TPSA) is 0 Å². The second kappa shape index (κ2) is 5.63. The lowest BCUT2D eigenvalue weighted by atomic mass is 9.87. The standard InChI is InChI=1S/C22H28S/c1-11(2)9-18-15(6)16(7)22-20(17(18)8)19-14(5)12(3)10-13(4)21(19)23-22/h10-11H,9H2,1-8H3. The molecule has 0 amide bonds. The highest BCUT2D eigenvalue weighted by Gasteiger charge is 2.19. The Morgan fingerprint density at radius 1 is 0.739 bits per heavy atom. The van der Waals surface area contributed by atoms with Crippen LogP contribution in [0.4, 0.5) is 0 Å². The normalized spacial score (nSPS) is 12.0. The van der Waals surface area contributed by atoms with Crippen molar-refractivity contribution in [3.05, 3.63) is 45.0 Å². The quantitative estimate of drug-likeness (QED) is 0.471. The molecule has 0 spiro atoms. The van der Waals surface area contributed by atoms with E-state index in [0.717, 1.165) is 0 Å². The Bertz CT molecular complexity index is 923. The van der Waals surface area contributed by atoms with Crippen molar-refractivity contribution in [2.75, 3.05) is 0 Å². The predicted molar refractivity (Wildman–Crippen MR) is 106 cm³/mol. The maximum Gasteiger partial charge on any atom is 0.0390 e. The molecule has 23 heavy (non-hydrogen) atoms. The molecule has 0 fully saturated rings. The van der Waals surface area contributed by atoms with Crippen molar-refractivity contribution in [2.24, 2.45) is 5.92 Å². The molecule has 0 saturated heterocycles. The van der Waals surface area contributed by atoms with Crippen molar-refractivity contribution in [1.29, 1.82) is 0 Å². The van der Waals surface area contributed by atoms with Crippen LogP contribution in [0, 0.1) is 47.5 Å². The molecule has 1 heteroatoms. The van der Waals surface area contributed by atoms with Gasteiger partial charge in [-0.15, -0.1) is 11.3 Å². The van der Waals surface area contributed by atoms with Gasteiger partial charge in [0.1, 0.15) is 0 Å². The van der Waals surface area contributed by atoms with Gasteiger partial charge < -0.3 is 0 Å². The molecule has 1 heterocycles. The van der Waals surface area contributed by atoms with Crippen molar-refractivity contribution in [1.82, 2.24) is 0 Å². The summed E-state index contributed by atoms with van der Waals surface area (Å²) in [6, 6.07) is 2.35. The maximum atomic E-state index is 2.35. The Hall–Kier alpha value is -1.34. The van der Waals surface area contributed by atoms with Crippen LogP contribution in [0.3, 0.4) is 0 Å². The van der Waals surface area contributed by atoms with Crippen LogP contribution in [0.2, 0.25) is 0 Å². The fourth-order valence-electron chi connectivity index (χ4n) is 3.93. The summed E-state index contributed by atoms with van der Waals surface area (Å²) in [5, 5.41) is 3.03. The Morgan fingerprint density at radius 2 is 1.35 bits per heavy atom. The Morgan fingerprint density at radius 3 is 1.96 bits per heavy atom. The lowest BCUT2D eigenvalue weighted by molar-refractivity contribution is 0.643. The van der Waals surface area contributed by atoms with Crippen molar-refractivity contribution in [3.63, 3.8) is 0 Å². The van der Waals surface area contributed by atoms with Gasteiger partial charge in [0, 0.05) is 20.2 Å². The highest BCUT2D eigenvalue weighted by atomic mass is 32.1. The minimum Gasteiger partial charge on any atom is -0.135 e. The second-order valence-corrected chi connectivity index (χ2v) is 8.62. The zero-order valence-electron chi connectivity index (χ0n) is 15.8. The summed E-state index contributed by atoms with van der Waals surface area (Å²) >= 11 is 1.99. The average Bonchev–Trinajstić information content (AvgIpc) is 2.88. The maximum absolute atomic E-state index is 2.35. The molecule has 0 aliphatic carbocycles. The first-order valence-electron chi connectivity index (χ1n) is 8.65. The van der Waals surface area contributed by atoms with Crippen molar-refractivity contribution >= 4 is 31.5 Å². The number of benzene rings is 2. The summed E-state index contributed by atoms with van der Waals surface area (Å²) < 4.78 is 2.98. The van der Waals surface area contributed by atoms with Crippen LogP contribution in [-0.2, 0) is 6.42 Å². The van der Waals surface area contributed by atoms with Gasteiger partial charge in [0.05, 0.1) is 0 Å². The van der Waals surface area contributed by atoms with Gasteiger partial charge in [-0.25, -0.2) is 0 Å². The minimum atomic E-state index is 0.693. The van der Waals surface area contributed by atoms with E-state index in [1.54, 1.807) is 5.56 Å². The Kier molecular flexibility index (Phi) is 4.04. The molecular formula is C22H28S. The molecule has 0 N–H and O–H groups in total. The molecule has 1 aromatic heterocycles. The highest BCUT2D eigenvalue weighted by Crippen LogP contribution is 2.44. The summed E-state index contributed by atoms with van der Waals surface area (Å²) in [7, 11) is 0. The fourth-order valence-corrected chi connectivity index (χ4v) is 5.37. The largest absolute Gasteiger partial charge is 0.135 e. The van der Waals surface area contributed by atoms with Crippen LogP contribution in [0.1, 0.15) is 52.8 Å². The molecule has 3 aromatic rings. The first-order chi connectivity index (χ1) is 10.7. The lowest BCUT2D eigenvalue weighted by Crippen LogP contribution is -2.02. The van der Waals surface area contributed by atoms with Gasteiger partial charge >= 0.3 is 0 Å². The van der Waals surface area contributed by atoms with E-state index in [9.17, 15) is 0 Å². The number of hydrogen-bond donors (Lipinski definition) is 0. The van der Waals surface area contributed by atoms with E-state index in [1.165, 1.54) is 60.0 Å². The highest BCUT2D eigenvalue weighted by molar-refractivity contribution is 7.26. The van der Waals surface area contributed by atoms with Gasteiger partial charge in [-0.1, -0.05) is 19.9 Å². The second-order valence-electron chi connectivity index (χ2n) is 7.60. The van der Waals surface area contributed by atoms with Gasteiger partial charge in [-0.3, -0.25) is 0 Å². The monoisotopic (exact) mass is 324 g/mol. The number of hydrogen-bond acceptors (Lipinski definition) is 1. The zero-order chi connectivity index (χ0) is 17.0. The molecule has 0 aliphatic rings. The molecule has 0 unspecified atom stereocenters. The fraction of sp³-hybridized carbons (Fsp3) is 0.455. The smallest absolute Gasteiger partial charge is 0.0390 e.